The maximum absolute atomic E-state index is 12.7. The average Bonchev–Trinajstić information content (AvgIpc) is 2.59. The number of hydrogen-bond donors (Lipinski definition) is 2. The minimum atomic E-state index is -4.40. The van der Waals surface area contributed by atoms with Crippen LogP contribution in [0.1, 0.15) is 12.5 Å². The molecule has 0 aromatic heterocycles. The van der Waals surface area contributed by atoms with E-state index in [1.807, 2.05) is 19.1 Å². The Labute approximate surface area is 155 Å². The minimum absolute atomic E-state index is 0.175. The van der Waals surface area contributed by atoms with Crippen molar-refractivity contribution < 1.29 is 22.6 Å². The monoisotopic (exact) mass is 384 g/mol. The summed E-state index contributed by atoms with van der Waals surface area (Å²) in [5.74, 6) is 1.21. The van der Waals surface area contributed by atoms with E-state index in [1.54, 1.807) is 19.2 Å². The molecule has 2 aromatic carbocycles. The molecule has 0 saturated heterocycles. The number of halogens is 3. The van der Waals surface area contributed by atoms with Gasteiger partial charge >= 0.3 is 6.18 Å². The fourth-order valence-electron chi connectivity index (χ4n) is 2.16. The molecule has 0 radical (unpaired) electrons. The summed E-state index contributed by atoms with van der Waals surface area (Å²) in [6.45, 7) is 2.14. The van der Waals surface area contributed by atoms with Gasteiger partial charge in [-0.1, -0.05) is 18.2 Å². The average molecular weight is 384 g/mol. The van der Waals surface area contributed by atoms with E-state index in [1.165, 1.54) is 12.1 Å². The minimum Gasteiger partial charge on any atom is -0.493 e. The SMILES string of the molecule is COc1ccccc1OC[C@@H](C)NC(=S)Nc1cccc(C(F)(F)F)c1. The molecule has 2 aromatic rings. The van der Waals surface area contributed by atoms with Gasteiger partial charge in [0.25, 0.3) is 0 Å². The molecule has 140 valence electrons. The molecule has 0 aliphatic heterocycles. The van der Waals surface area contributed by atoms with Crippen molar-refractivity contribution in [1.82, 2.24) is 5.32 Å². The molecule has 26 heavy (non-hydrogen) atoms. The molecule has 1 atom stereocenters. The summed E-state index contributed by atoms with van der Waals surface area (Å²) in [5, 5.41) is 5.92. The van der Waals surface area contributed by atoms with E-state index < -0.39 is 11.7 Å². The van der Waals surface area contributed by atoms with E-state index in [2.05, 4.69) is 10.6 Å². The highest BCUT2D eigenvalue weighted by Crippen LogP contribution is 2.30. The second kappa shape index (κ2) is 8.75. The lowest BCUT2D eigenvalue weighted by Gasteiger charge is -2.19. The van der Waals surface area contributed by atoms with Crippen molar-refractivity contribution >= 4 is 23.0 Å². The Kier molecular flexibility index (Phi) is 6.68. The number of ether oxygens (including phenoxy) is 2. The molecule has 0 bridgehead atoms. The second-order valence-corrected chi connectivity index (χ2v) is 5.95. The molecule has 0 aliphatic rings. The molecule has 0 heterocycles. The van der Waals surface area contributed by atoms with Crippen molar-refractivity contribution in [2.75, 3.05) is 19.0 Å². The zero-order valence-corrected chi connectivity index (χ0v) is 15.1. The summed E-state index contributed by atoms with van der Waals surface area (Å²) >= 11 is 5.14. The Bertz CT molecular complexity index is 753. The van der Waals surface area contributed by atoms with Crippen LogP contribution in [0.3, 0.4) is 0 Å². The number of thiocarbonyl (C=S) groups is 1. The quantitative estimate of drug-likeness (QED) is 0.720. The van der Waals surface area contributed by atoms with Gasteiger partial charge < -0.3 is 20.1 Å². The van der Waals surface area contributed by atoms with E-state index in [4.69, 9.17) is 21.7 Å². The van der Waals surface area contributed by atoms with Crippen molar-refractivity contribution in [3.63, 3.8) is 0 Å². The third kappa shape index (κ3) is 5.80. The van der Waals surface area contributed by atoms with Gasteiger partial charge in [-0.2, -0.15) is 13.2 Å². The van der Waals surface area contributed by atoms with Crippen molar-refractivity contribution in [3.05, 3.63) is 54.1 Å². The fourth-order valence-corrected chi connectivity index (χ4v) is 2.48. The van der Waals surface area contributed by atoms with Gasteiger partial charge in [-0.05, 0) is 49.5 Å². The maximum Gasteiger partial charge on any atom is 0.416 e. The molecule has 4 nitrogen and oxygen atoms in total. The second-order valence-electron chi connectivity index (χ2n) is 5.54. The molecule has 0 amide bonds. The van der Waals surface area contributed by atoms with Gasteiger partial charge in [-0.15, -0.1) is 0 Å². The highest BCUT2D eigenvalue weighted by atomic mass is 32.1. The Morgan fingerprint density at radius 2 is 1.81 bits per heavy atom. The standard InChI is InChI=1S/C18H19F3N2O2S/c1-12(11-25-16-9-4-3-8-15(16)24-2)22-17(26)23-14-7-5-6-13(10-14)18(19,20)21/h3-10,12H,11H2,1-2H3,(H2,22,23,26)/t12-/m1/s1. The van der Waals surface area contributed by atoms with Crippen LogP contribution in [0.4, 0.5) is 18.9 Å². The van der Waals surface area contributed by atoms with Crippen LogP contribution >= 0.6 is 12.2 Å². The van der Waals surface area contributed by atoms with Gasteiger partial charge in [0.2, 0.25) is 0 Å². The Hall–Kier alpha value is -2.48. The van der Waals surface area contributed by atoms with Gasteiger partial charge in [0, 0.05) is 5.69 Å². The van der Waals surface area contributed by atoms with Crippen LogP contribution in [-0.4, -0.2) is 24.9 Å². The Balaban J connectivity index is 1.87. The third-order valence-electron chi connectivity index (χ3n) is 3.38. The molecule has 0 fully saturated rings. The summed E-state index contributed by atoms with van der Waals surface area (Å²) < 4.78 is 49.1. The molecular formula is C18H19F3N2O2S. The van der Waals surface area contributed by atoms with E-state index in [-0.39, 0.29) is 16.8 Å². The highest BCUT2D eigenvalue weighted by Gasteiger charge is 2.30. The summed E-state index contributed by atoms with van der Waals surface area (Å²) in [6.07, 6.45) is -4.40. The molecule has 0 aliphatic carbocycles. The maximum atomic E-state index is 12.7. The highest BCUT2D eigenvalue weighted by molar-refractivity contribution is 7.80. The first-order chi connectivity index (χ1) is 12.3. The number of benzene rings is 2. The zero-order valence-electron chi connectivity index (χ0n) is 14.3. The van der Waals surface area contributed by atoms with Crippen LogP contribution in [0.15, 0.2) is 48.5 Å². The predicted molar refractivity (Wildman–Crippen MR) is 98.8 cm³/mol. The number of alkyl halides is 3. The number of nitrogens with one attached hydrogen (secondary N) is 2. The first kappa shape index (κ1) is 19.8. The molecular weight excluding hydrogens is 365 g/mol. The lowest BCUT2D eigenvalue weighted by molar-refractivity contribution is -0.137. The van der Waals surface area contributed by atoms with Crippen molar-refractivity contribution in [2.24, 2.45) is 0 Å². The molecule has 0 spiro atoms. The van der Waals surface area contributed by atoms with E-state index in [0.29, 0.717) is 18.1 Å². The number of anilines is 1. The summed E-state index contributed by atoms with van der Waals surface area (Å²) in [4.78, 5) is 0. The number of methoxy groups -OCH3 is 1. The fraction of sp³-hybridized carbons (Fsp3) is 0.278. The molecule has 0 unspecified atom stereocenters. The van der Waals surface area contributed by atoms with Crippen molar-refractivity contribution in [3.8, 4) is 11.5 Å². The Morgan fingerprint density at radius 3 is 2.46 bits per heavy atom. The molecule has 8 heteroatoms. The van der Waals surface area contributed by atoms with Gasteiger partial charge in [0.15, 0.2) is 16.6 Å². The molecule has 2 N–H and O–H groups in total. The lowest BCUT2D eigenvalue weighted by Crippen LogP contribution is -2.39. The van der Waals surface area contributed by atoms with E-state index in [0.717, 1.165) is 12.1 Å². The number of hydrogen-bond acceptors (Lipinski definition) is 3. The van der Waals surface area contributed by atoms with Crippen LogP contribution in [-0.2, 0) is 6.18 Å². The summed E-state index contributed by atoms with van der Waals surface area (Å²) in [5.41, 5.74) is -0.479. The van der Waals surface area contributed by atoms with Crippen LogP contribution in [0.25, 0.3) is 0 Å². The first-order valence-electron chi connectivity index (χ1n) is 7.80. The van der Waals surface area contributed by atoms with E-state index >= 15 is 0 Å². The van der Waals surface area contributed by atoms with Crippen LogP contribution in [0.5, 0.6) is 11.5 Å². The molecule has 2 rings (SSSR count). The lowest BCUT2D eigenvalue weighted by atomic mass is 10.2. The smallest absolute Gasteiger partial charge is 0.416 e. The topological polar surface area (TPSA) is 42.5 Å². The summed E-state index contributed by atoms with van der Waals surface area (Å²) in [7, 11) is 1.55. The number of para-hydroxylation sites is 2. The predicted octanol–water partition coefficient (Wildman–Crippen LogP) is 4.47. The van der Waals surface area contributed by atoms with Gasteiger partial charge in [-0.25, -0.2) is 0 Å². The summed E-state index contributed by atoms with van der Waals surface area (Å²) in [6, 6.07) is 11.9. The number of rotatable bonds is 6. The van der Waals surface area contributed by atoms with Crippen molar-refractivity contribution in [2.45, 2.75) is 19.1 Å². The van der Waals surface area contributed by atoms with Crippen LogP contribution in [0.2, 0.25) is 0 Å². The van der Waals surface area contributed by atoms with Crippen molar-refractivity contribution in [1.29, 1.82) is 0 Å². The van der Waals surface area contributed by atoms with Gasteiger partial charge in [0.1, 0.15) is 6.61 Å². The van der Waals surface area contributed by atoms with E-state index in [9.17, 15) is 13.2 Å². The van der Waals surface area contributed by atoms with Gasteiger partial charge in [-0.3, -0.25) is 0 Å². The largest absolute Gasteiger partial charge is 0.493 e. The van der Waals surface area contributed by atoms with Crippen LogP contribution < -0.4 is 20.1 Å². The Morgan fingerprint density at radius 1 is 1.12 bits per heavy atom. The normalized spacial score (nSPS) is 12.2. The first-order valence-corrected chi connectivity index (χ1v) is 8.21. The molecule has 0 saturated carbocycles. The third-order valence-corrected chi connectivity index (χ3v) is 3.60. The van der Waals surface area contributed by atoms with Crippen LogP contribution in [0, 0.1) is 0 Å². The van der Waals surface area contributed by atoms with Gasteiger partial charge in [0.05, 0.1) is 18.7 Å². The zero-order chi connectivity index (χ0) is 19.2.